The van der Waals surface area contributed by atoms with Crippen LogP contribution in [0.4, 0.5) is 16.2 Å². The average Bonchev–Trinajstić information content (AvgIpc) is 2.37. The van der Waals surface area contributed by atoms with Crippen LogP contribution in [0.1, 0.15) is 13.8 Å². The second kappa shape index (κ2) is 7.22. The molecule has 1 aromatic carbocycles. The van der Waals surface area contributed by atoms with Crippen molar-refractivity contribution in [1.82, 2.24) is 4.90 Å². The van der Waals surface area contributed by atoms with Crippen molar-refractivity contribution in [3.05, 3.63) is 34.4 Å². The number of benzene rings is 1. The van der Waals surface area contributed by atoms with E-state index in [2.05, 4.69) is 5.32 Å². The van der Waals surface area contributed by atoms with E-state index in [0.717, 1.165) is 0 Å². The lowest BCUT2D eigenvalue weighted by Crippen LogP contribution is -2.40. The molecule has 0 aromatic heterocycles. The van der Waals surface area contributed by atoms with E-state index in [4.69, 9.17) is 5.11 Å². The van der Waals surface area contributed by atoms with Crippen LogP contribution in [-0.4, -0.2) is 40.0 Å². The van der Waals surface area contributed by atoms with Crippen molar-refractivity contribution >= 4 is 23.4 Å². The van der Waals surface area contributed by atoms with Gasteiger partial charge in [-0.05, 0) is 18.1 Å². The predicted molar refractivity (Wildman–Crippen MR) is 76.2 cm³/mol. The van der Waals surface area contributed by atoms with Gasteiger partial charge in [0.1, 0.15) is 6.54 Å². The standard InChI is InChI=1S/C13H17N3O5/c1-9(2)7-15(8-12(17)18)13(19)14-10-3-5-11(6-4-10)16(20)21/h3-6,9H,7-8H2,1-2H3,(H,14,19)(H,17,18). The lowest BCUT2D eigenvalue weighted by Gasteiger charge is -2.23. The van der Waals surface area contributed by atoms with Gasteiger partial charge in [-0.3, -0.25) is 14.9 Å². The highest BCUT2D eigenvalue weighted by molar-refractivity contribution is 5.91. The number of carboxylic acid groups (broad SMARTS) is 1. The third kappa shape index (κ3) is 5.47. The molecular weight excluding hydrogens is 278 g/mol. The van der Waals surface area contributed by atoms with Crippen molar-refractivity contribution in [2.45, 2.75) is 13.8 Å². The molecule has 8 nitrogen and oxygen atoms in total. The zero-order chi connectivity index (χ0) is 16.0. The van der Waals surface area contributed by atoms with Gasteiger partial charge in [0.2, 0.25) is 0 Å². The molecule has 0 spiro atoms. The summed E-state index contributed by atoms with van der Waals surface area (Å²) in [5.41, 5.74) is 0.280. The lowest BCUT2D eigenvalue weighted by atomic mass is 10.2. The van der Waals surface area contributed by atoms with Crippen LogP contribution < -0.4 is 5.32 Å². The van der Waals surface area contributed by atoms with Crippen LogP contribution >= 0.6 is 0 Å². The van der Waals surface area contributed by atoms with Gasteiger partial charge in [-0.25, -0.2) is 4.79 Å². The molecule has 1 rings (SSSR count). The van der Waals surface area contributed by atoms with Gasteiger partial charge >= 0.3 is 12.0 Å². The number of hydrogen-bond donors (Lipinski definition) is 2. The summed E-state index contributed by atoms with van der Waals surface area (Å²) >= 11 is 0. The van der Waals surface area contributed by atoms with E-state index >= 15 is 0 Å². The highest BCUT2D eigenvalue weighted by Gasteiger charge is 2.18. The van der Waals surface area contributed by atoms with Crippen LogP contribution in [0.3, 0.4) is 0 Å². The van der Waals surface area contributed by atoms with Gasteiger partial charge in [0.05, 0.1) is 4.92 Å². The maximum absolute atomic E-state index is 12.0. The summed E-state index contributed by atoms with van der Waals surface area (Å²) in [6.45, 7) is 3.63. The van der Waals surface area contributed by atoms with Gasteiger partial charge in [0.15, 0.2) is 0 Å². The molecule has 0 aliphatic heterocycles. The van der Waals surface area contributed by atoms with Crippen molar-refractivity contribution in [2.75, 3.05) is 18.4 Å². The summed E-state index contributed by atoms with van der Waals surface area (Å²) in [7, 11) is 0. The molecule has 0 unspecified atom stereocenters. The van der Waals surface area contributed by atoms with E-state index in [0.29, 0.717) is 12.2 Å². The van der Waals surface area contributed by atoms with Gasteiger partial charge < -0.3 is 15.3 Å². The normalized spacial score (nSPS) is 10.2. The van der Waals surface area contributed by atoms with Crippen LogP contribution in [-0.2, 0) is 4.79 Å². The van der Waals surface area contributed by atoms with E-state index in [1.165, 1.54) is 29.2 Å². The van der Waals surface area contributed by atoms with Gasteiger partial charge in [0.25, 0.3) is 5.69 Å². The largest absolute Gasteiger partial charge is 0.480 e. The molecule has 0 heterocycles. The molecule has 0 radical (unpaired) electrons. The summed E-state index contributed by atoms with van der Waals surface area (Å²) < 4.78 is 0. The number of rotatable bonds is 6. The molecule has 2 N–H and O–H groups in total. The molecule has 0 saturated heterocycles. The first-order valence-electron chi connectivity index (χ1n) is 6.31. The molecule has 114 valence electrons. The average molecular weight is 295 g/mol. The minimum atomic E-state index is -1.10. The van der Waals surface area contributed by atoms with Crippen molar-refractivity contribution in [3.63, 3.8) is 0 Å². The first-order chi connectivity index (χ1) is 9.79. The van der Waals surface area contributed by atoms with Crippen LogP contribution in [0.5, 0.6) is 0 Å². The van der Waals surface area contributed by atoms with Crippen molar-refractivity contribution in [2.24, 2.45) is 5.92 Å². The first-order valence-corrected chi connectivity index (χ1v) is 6.31. The number of amides is 2. The topological polar surface area (TPSA) is 113 Å². The fraction of sp³-hybridized carbons (Fsp3) is 0.385. The summed E-state index contributed by atoms with van der Waals surface area (Å²) in [6.07, 6.45) is 0. The number of anilines is 1. The number of nitro benzene ring substituents is 1. The minimum Gasteiger partial charge on any atom is -0.480 e. The number of carbonyl (C=O) groups excluding carboxylic acids is 1. The predicted octanol–water partition coefficient (Wildman–Crippen LogP) is 2.17. The van der Waals surface area contributed by atoms with Gasteiger partial charge in [-0.2, -0.15) is 0 Å². The van der Waals surface area contributed by atoms with E-state index in [-0.39, 0.29) is 11.6 Å². The minimum absolute atomic E-state index is 0.0856. The van der Waals surface area contributed by atoms with Crippen molar-refractivity contribution in [3.8, 4) is 0 Å². The third-order valence-corrected chi connectivity index (χ3v) is 2.53. The molecule has 1 aromatic rings. The summed E-state index contributed by atoms with van der Waals surface area (Å²) in [4.78, 5) is 34.0. The molecular formula is C13H17N3O5. The Kier molecular flexibility index (Phi) is 5.65. The Labute approximate surface area is 121 Å². The Balaban J connectivity index is 2.75. The molecule has 0 bridgehead atoms. The molecule has 0 fully saturated rings. The maximum Gasteiger partial charge on any atom is 0.323 e. The lowest BCUT2D eigenvalue weighted by molar-refractivity contribution is -0.384. The number of non-ortho nitro benzene ring substituents is 1. The van der Waals surface area contributed by atoms with Crippen LogP contribution in [0.15, 0.2) is 24.3 Å². The number of nitrogens with one attached hydrogen (secondary N) is 1. The molecule has 21 heavy (non-hydrogen) atoms. The summed E-state index contributed by atoms with van der Waals surface area (Å²) in [5, 5.41) is 21.9. The van der Waals surface area contributed by atoms with Gasteiger partial charge in [-0.1, -0.05) is 13.8 Å². The smallest absolute Gasteiger partial charge is 0.323 e. The van der Waals surface area contributed by atoms with E-state index in [9.17, 15) is 19.7 Å². The molecule has 0 atom stereocenters. The first kappa shape index (κ1) is 16.4. The molecule has 0 aliphatic carbocycles. The van der Waals surface area contributed by atoms with E-state index in [1.54, 1.807) is 0 Å². The van der Waals surface area contributed by atoms with Gasteiger partial charge in [0, 0.05) is 24.4 Å². The quantitative estimate of drug-likeness (QED) is 0.616. The number of nitrogens with zero attached hydrogens (tertiary/aromatic N) is 2. The Bertz CT molecular complexity index is 527. The summed E-state index contributed by atoms with van der Waals surface area (Å²) in [6, 6.07) is 4.76. The highest BCUT2D eigenvalue weighted by Crippen LogP contribution is 2.16. The fourth-order valence-electron chi connectivity index (χ4n) is 1.69. The van der Waals surface area contributed by atoms with Crippen LogP contribution in [0.2, 0.25) is 0 Å². The molecule has 0 saturated carbocycles. The van der Waals surface area contributed by atoms with Gasteiger partial charge in [-0.15, -0.1) is 0 Å². The Hall–Kier alpha value is -2.64. The Morgan fingerprint density at radius 3 is 2.33 bits per heavy atom. The summed E-state index contributed by atoms with van der Waals surface area (Å²) in [5.74, 6) is -0.985. The second-order valence-electron chi connectivity index (χ2n) is 4.90. The highest BCUT2D eigenvalue weighted by atomic mass is 16.6. The zero-order valence-corrected chi connectivity index (χ0v) is 11.8. The Morgan fingerprint density at radius 1 is 1.33 bits per heavy atom. The van der Waals surface area contributed by atoms with E-state index < -0.39 is 23.5 Å². The number of carboxylic acids is 1. The number of carbonyl (C=O) groups is 2. The molecule has 2 amide bonds. The molecule has 8 heteroatoms. The fourth-order valence-corrected chi connectivity index (χ4v) is 1.69. The maximum atomic E-state index is 12.0. The van der Waals surface area contributed by atoms with Crippen LogP contribution in [0.25, 0.3) is 0 Å². The monoisotopic (exact) mass is 295 g/mol. The number of hydrogen-bond acceptors (Lipinski definition) is 4. The van der Waals surface area contributed by atoms with Crippen molar-refractivity contribution < 1.29 is 19.6 Å². The third-order valence-electron chi connectivity index (χ3n) is 2.53. The van der Waals surface area contributed by atoms with E-state index in [1.807, 2.05) is 13.8 Å². The Morgan fingerprint density at radius 2 is 1.90 bits per heavy atom. The second-order valence-corrected chi connectivity index (χ2v) is 4.90. The van der Waals surface area contributed by atoms with Crippen molar-refractivity contribution in [1.29, 1.82) is 0 Å². The number of aliphatic carboxylic acids is 1. The number of urea groups is 1. The van der Waals surface area contributed by atoms with Crippen LogP contribution in [0, 0.1) is 16.0 Å². The molecule has 0 aliphatic rings. The number of nitro groups is 1. The SMILES string of the molecule is CC(C)CN(CC(=O)O)C(=O)Nc1ccc([N+](=O)[O-])cc1. The zero-order valence-electron chi connectivity index (χ0n) is 11.8.